The molecule has 13 heavy (non-hydrogen) atoms. The first-order valence-electron chi connectivity index (χ1n) is 4.27. The predicted octanol–water partition coefficient (Wildman–Crippen LogP) is -1.41. The van der Waals surface area contributed by atoms with Crippen LogP contribution in [0.2, 0.25) is 0 Å². The van der Waals surface area contributed by atoms with Gasteiger partial charge in [-0.1, -0.05) is 0 Å². The second-order valence-electron chi connectivity index (χ2n) is 3.76. The number of nitrogens with two attached hydrogens (primary N) is 1. The van der Waals surface area contributed by atoms with Gasteiger partial charge in [0.25, 0.3) is 0 Å². The van der Waals surface area contributed by atoms with Crippen molar-refractivity contribution in [1.82, 2.24) is 10.6 Å². The molecule has 0 aliphatic carbocycles. The Morgan fingerprint density at radius 1 is 1.54 bits per heavy atom. The van der Waals surface area contributed by atoms with E-state index >= 15 is 0 Å². The summed E-state index contributed by atoms with van der Waals surface area (Å²) in [6.45, 7) is 4.75. The third-order valence-electron chi connectivity index (χ3n) is 2.35. The highest BCUT2D eigenvalue weighted by atomic mass is 16.2. The first kappa shape index (κ1) is 9.98. The van der Waals surface area contributed by atoms with Gasteiger partial charge in [0.2, 0.25) is 11.8 Å². The van der Waals surface area contributed by atoms with E-state index in [9.17, 15) is 9.59 Å². The number of primary amides is 1. The number of hydrogen-bond acceptors (Lipinski definition) is 3. The van der Waals surface area contributed by atoms with Crippen LogP contribution in [0.25, 0.3) is 0 Å². The van der Waals surface area contributed by atoms with Gasteiger partial charge >= 0.3 is 0 Å². The van der Waals surface area contributed by atoms with E-state index in [1.807, 2.05) is 6.92 Å². The molecule has 0 aromatic rings. The van der Waals surface area contributed by atoms with Gasteiger partial charge < -0.3 is 16.4 Å². The van der Waals surface area contributed by atoms with Crippen molar-refractivity contribution in [1.29, 1.82) is 0 Å². The number of carbonyl (C=O) groups excluding carboxylic acids is 2. The zero-order valence-electron chi connectivity index (χ0n) is 7.89. The van der Waals surface area contributed by atoms with Crippen LogP contribution in [-0.2, 0) is 9.59 Å². The van der Waals surface area contributed by atoms with E-state index in [0.29, 0.717) is 13.1 Å². The summed E-state index contributed by atoms with van der Waals surface area (Å²) >= 11 is 0. The molecule has 5 nitrogen and oxygen atoms in total. The summed E-state index contributed by atoms with van der Waals surface area (Å²) in [4.78, 5) is 22.2. The van der Waals surface area contributed by atoms with E-state index in [1.165, 1.54) is 0 Å². The minimum Gasteiger partial charge on any atom is -0.368 e. The molecule has 1 rings (SSSR count). The largest absolute Gasteiger partial charge is 0.368 e. The van der Waals surface area contributed by atoms with E-state index in [2.05, 4.69) is 10.6 Å². The second kappa shape index (κ2) is 3.33. The third kappa shape index (κ3) is 1.98. The van der Waals surface area contributed by atoms with Crippen LogP contribution in [0, 0.1) is 5.41 Å². The summed E-state index contributed by atoms with van der Waals surface area (Å²) < 4.78 is 0. The third-order valence-corrected chi connectivity index (χ3v) is 2.35. The van der Waals surface area contributed by atoms with Gasteiger partial charge in [-0.3, -0.25) is 9.59 Å². The van der Waals surface area contributed by atoms with Crippen LogP contribution in [0.3, 0.4) is 0 Å². The molecule has 1 heterocycles. The topological polar surface area (TPSA) is 84.2 Å². The van der Waals surface area contributed by atoms with Crippen LogP contribution in [0.4, 0.5) is 0 Å². The number of rotatable bonds is 3. The van der Waals surface area contributed by atoms with Gasteiger partial charge in [-0.05, 0) is 13.8 Å². The zero-order chi connectivity index (χ0) is 10.1. The normalized spacial score (nSPS) is 21.4. The van der Waals surface area contributed by atoms with Crippen molar-refractivity contribution in [3.05, 3.63) is 0 Å². The molecule has 1 aliphatic rings. The van der Waals surface area contributed by atoms with Crippen molar-refractivity contribution >= 4 is 11.8 Å². The molecule has 5 heteroatoms. The minimum atomic E-state index is -0.593. The number of nitrogens with one attached hydrogen (secondary N) is 2. The van der Waals surface area contributed by atoms with Crippen molar-refractivity contribution < 1.29 is 9.59 Å². The van der Waals surface area contributed by atoms with Gasteiger partial charge in [-0.2, -0.15) is 0 Å². The standard InChI is InChI=1S/C8H15N3O2/c1-5(6(9)12)11-7(13)8(2)3-10-4-8/h5,10H,3-4H2,1-2H3,(H2,9,12)(H,11,13)/t5-/m1/s1. The fourth-order valence-electron chi connectivity index (χ4n) is 1.10. The van der Waals surface area contributed by atoms with E-state index < -0.39 is 11.9 Å². The van der Waals surface area contributed by atoms with Gasteiger partial charge in [0.15, 0.2) is 0 Å². The maximum atomic E-state index is 11.5. The molecule has 1 fully saturated rings. The van der Waals surface area contributed by atoms with Crippen molar-refractivity contribution in [3.8, 4) is 0 Å². The Labute approximate surface area is 77.1 Å². The molecule has 0 bridgehead atoms. The van der Waals surface area contributed by atoms with Crippen LogP contribution in [0.1, 0.15) is 13.8 Å². The summed E-state index contributed by atoms with van der Waals surface area (Å²) in [5, 5.41) is 5.58. The Morgan fingerprint density at radius 2 is 2.08 bits per heavy atom. The van der Waals surface area contributed by atoms with E-state index in [0.717, 1.165) is 0 Å². The zero-order valence-corrected chi connectivity index (χ0v) is 7.89. The maximum absolute atomic E-state index is 11.5. The summed E-state index contributed by atoms with van der Waals surface area (Å²) in [7, 11) is 0. The summed E-state index contributed by atoms with van der Waals surface area (Å²) in [6, 6.07) is -0.593. The van der Waals surface area contributed by atoms with E-state index in [-0.39, 0.29) is 11.3 Å². The molecule has 0 unspecified atom stereocenters. The smallest absolute Gasteiger partial charge is 0.239 e. The summed E-state index contributed by atoms with van der Waals surface area (Å²) in [5.41, 5.74) is 4.65. The monoisotopic (exact) mass is 185 g/mol. The first-order chi connectivity index (χ1) is 5.96. The lowest BCUT2D eigenvalue weighted by atomic mass is 9.83. The number of hydrogen-bond donors (Lipinski definition) is 3. The van der Waals surface area contributed by atoms with Gasteiger partial charge in [0, 0.05) is 13.1 Å². The van der Waals surface area contributed by atoms with Crippen molar-refractivity contribution in [2.45, 2.75) is 19.9 Å². The molecule has 1 aliphatic heterocycles. The average molecular weight is 185 g/mol. The fraction of sp³-hybridized carbons (Fsp3) is 0.750. The molecule has 2 amide bonds. The summed E-state index contributed by atoms with van der Waals surface area (Å²) in [5.74, 6) is -0.623. The Hall–Kier alpha value is -1.10. The fourth-order valence-corrected chi connectivity index (χ4v) is 1.10. The molecule has 0 aromatic heterocycles. The van der Waals surface area contributed by atoms with Crippen LogP contribution in [0.15, 0.2) is 0 Å². The lowest BCUT2D eigenvalue weighted by Gasteiger charge is -2.38. The molecular weight excluding hydrogens is 170 g/mol. The maximum Gasteiger partial charge on any atom is 0.239 e. The molecule has 0 radical (unpaired) electrons. The Morgan fingerprint density at radius 3 is 2.38 bits per heavy atom. The molecule has 0 aromatic carbocycles. The van der Waals surface area contributed by atoms with Crippen LogP contribution >= 0.6 is 0 Å². The first-order valence-corrected chi connectivity index (χ1v) is 4.27. The Balaban J connectivity index is 2.45. The van der Waals surface area contributed by atoms with E-state index in [4.69, 9.17) is 5.73 Å². The molecule has 4 N–H and O–H groups in total. The second-order valence-corrected chi connectivity index (χ2v) is 3.76. The highest BCUT2D eigenvalue weighted by Gasteiger charge is 2.39. The van der Waals surface area contributed by atoms with Gasteiger partial charge in [0.1, 0.15) is 6.04 Å². The van der Waals surface area contributed by atoms with Crippen LogP contribution in [-0.4, -0.2) is 30.9 Å². The van der Waals surface area contributed by atoms with Gasteiger partial charge in [0.05, 0.1) is 5.41 Å². The number of carbonyl (C=O) groups is 2. The predicted molar refractivity (Wildman–Crippen MR) is 47.8 cm³/mol. The molecule has 1 atom stereocenters. The van der Waals surface area contributed by atoms with Crippen molar-refractivity contribution in [2.24, 2.45) is 11.1 Å². The lowest BCUT2D eigenvalue weighted by molar-refractivity contribution is -0.135. The van der Waals surface area contributed by atoms with Crippen LogP contribution in [0.5, 0.6) is 0 Å². The molecule has 0 spiro atoms. The van der Waals surface area contributed by atoms with Crippen molar-refractivity contribution in [2.75, 3.05) is 13.1 Å². The van der Waals surface area contributed by atoms with Crippen molar-refractivity contribution in [3.63, 3.8) is 0 Å². The average Bonchev–Trinajstić information content (AvgIpc) is 1.99. The SMILES string of the molecule is C[C@@H](NC(=O)C1(C)CNC1)C(N)=O. The lowest BCUT2D eigenvalue weighted by Crippen LogP contribution is -2.61. The number of amides is 2. The Kier molecular flexibility index (Phi) is 2.56. The minimum absolute atomic E-state index is 0.113. The molecular formula is C8H15N3O2. The Bertz CT molecular complexity index is 236. The highest BCUT2D eigenvalue weighted by molar-refractivity contribution is 5.89. The molecule has 1 saturated heterocycles. The quantitative estimate of drug-likeness (QED) is 0.505. The van der Waals surface area contributed by atoms with E-state index in [1.54, 1.807) is 6.92 Å². The van der Waals surface area contributed by atoms with Crippen LogP contribution < -0.4 is 16.4 Å². The van der Waals surface area contributed by atoms with Gasteiger partial charge in [-0.15, -0.1) is 0 Å². The molecule has 0 saturated carbocycles. The summed E-state index contributed by atoms with van der Waals surface area (Å²) in [6.07, 6.45) is 0. The molecule has 74 valence electrons. The highest BCUT2D eigenvalue weighted by Crippen LogP contribution is 2.21. The van der Waals surface area contributed by atoms with Gasteiger partial charge in [-0.25, -0.2) is 0 Å².